The molecule has 1 fully saturated rings. The number of hydrogen-bond acceptors (Lipinski definition) is 4. The molecule has 2 rings (SSSR count). The van der Waals surface area contributed by atoms with Gasteiger partial charge in [-0.15, -0.1) is 11.3 Å². The van der Waals surface area contributed by atoms with Crippen LogP contribution in [0.15, 0.2) is 11.4 Å². The van der Waals surface area contributed by atoms with Gasteiger partial charge >= 0.3 is 5.97 Å². The van der Waals surface area contributed by atoms with Gasteiger partial charge in [0, 0.05) is 6.54 Å². The van der Waals surface area contributed by atoms with Gasteiger partial charge in [0.2, 0.25) is 0 Å². The fraction of sp³-hybridized carbons (Fsp3) is 0.615. The summed E-state index contributed by atoms with van der Waals surface area (Å²) in [6, 6.07) is 1.59. The molecule has 1 aromatic rings. The van der Waals surface area contributed by atoms with E-state index >= 15 is 0 Å². The lowest BCUT2D eigenvalue weighted by molar-refractivity contribution is 0.0230. The molecule has 18 heavy (non-hydrogen) atoms. The summed E-state index contributed by atoms with van der Waals surface area (Å²) in [7, 11) is 0. The minimum Gasteiger partial charge on any atom is -0.478 e. The van der Waals surface area contributed by atoms with Crippen LogP contribution in [0, 0.1) is 0 Å². The van der Waals surface area contributed by atoms with Gasteiger partial charge < -0.3 is 15.1 Å². The van der Waals surface area contributed by atoms with Crippen molar-refractivity contribution in [2.45, 2.75) is 31.8 Å². The Kier molecular flexibility index (Phi) is 4.04. The first-order valence-corrected chi connectivity index (χ1v) is 7.21. The van der Waals surface area contributed by atoms with E-state index in [1.165, 1.54) is 11.3 Å². The zero-order valence-electron chi connectivity index (χ0n) is 10.6. The number of likely N-dealkylation sites (tertiary alicyclic amines) is 1. The van der Waals surface area contributed by atoms with Crippen LogP contribution in [0.5, 0.6) is 0 Å². The lowest BCUT2D eigenvalue weighted by atomic mass is 9.91. The molecule has 0 spiro atoms. The third kappa shape index (κ3) is 2.58. The van der Waals surface area contributed by atoms with Gasteiger partial charge in [-0.1, -0.05) is 6.92 Å². The maximum Gasteiger partial charge on any atom is 0.336 e. The Morgan fingerprint density at radius 1 is 1.50 bits per heavy atom. The lowest BCUT2D eigenvalue weighted by Gasteiger charge is -2.26. The molecule has 0 aliphatic carbocycles. The van der Waals surface area contributed by atoms with Crippen molar-refractivity contribution in [1.29, 1.82) is 0 Å². The molecule has 1 saturated heterocycles. The molecule has 2 heterocycles. The number of carboxylic acid groups (broad SMARTS) is 1. The molecule has 1 aromatic heterocycles. The molecule has 0 amide bonds. The molecule has 0 saturated carbocycles. The van der Waals surface area contributed by atoms with Crippen molar-refractivity contribution in [2.24, 2.45) is 0 Å². The number of aliphatic hydroxyl groups is 1. The Hall–Kier alpha value is -0.910. The number of hydrogen-bond donors (Lipinski definition) is 2. The predicted octanol–water partition coefficient (Wildman–Crippen LogP) is 2.14. The number of carboxylic acids is 1. The van der Waals surface area contributed by atoms with E-state index in [-0.39, 0.29) is 5.56 Å². The van der Waals surface area contributed by atoms with Crippen molar-refractivity contribution in [3.63, 3.8) is 0 Å². The van der Waals surface area contributed by atoms with Crippen LogP contribution in [0.1, 0.15) is 41.4 Å². The molecule has 100 valence electrons. The monoisotopic (exact) mass is 269 g/mol. The van der Waals surface area contributed by atoms with E-state index in [1.54, 1.807) is 11.4 Å². The van der Waals surface area contributed by atoms with Crippen molar-refractivity contribution in [2.75, 3.05) is 19.6 Å². The zero-order chi connectivity index (χ0) is 13.2. The Morgan fingerprint density at radius 2 is 2.28 bits per heavy atom. The van der Waals surface area contributed by atoms with E-state index in [1.807, 2.05) is 0 Å². The molecular formula is C13H19NO3S. The molecule has 1 atom stereocenters. The van der Waals surface area contributed by atoms with Gasteiger partial charge in [0.25, 0.3) is 0 Å². The molecule has 2 N–H and O–H groups in total. The number of thiophene rings is 1. The molecule has 0 radical (unpaired) electrons. The molecule has 1 aliphatic rings. The van der Waals surface area contributed by atoms with Gasteiger partial charge in [0.1, 0.15) is 5.60 Å². The summed E-state index contributed by atoms with van der Waals surface area (Å²) < 4.78 is 0. The minimum atomic E-state index is -0.966. The van der Waals surface area contributed by atoms with E-state index in [4.69, 9.17) is 5.11 Å². The van der Waals surface area contributed by atoms with Crippen molar-refractivity contribution in [3.05, 3.63) is 21.9 Å². The smallest absolute Gasteiger partial charge is 0.336 e. The van der Waals surface area contributed by atoms with Crippen LogP contribution in [-0.2, 0) is 5.60 Å². The second kappa shape index (κ2) is 5.38. The van der Waals surface area contributed by atoms with E-state index in [9.17, 15) is 9.90 Å². The van der Waals surface area contributed by atoms with Crippen molar-refractivity contribution in [1.82, 2.24) is 4.90 Å². The average Bonchev–Trinajstić information content (AvgIpc) is 2.76. The fourth-order valence-electron chi connectivity index (χ4n) is 2.56. The summed E-state index contributed by atoms with van der Waals surface area (Å²) >= 11 is 1.35. The van der Waals surface area contributed by atoms with Crippen molar-refractivity contribution in [3.8, 4) is 0 Å². The van der Waals surface area contributed by atoms with E-state index in [0.29, 0.717) is 17.7 Å². The Labute approximate surface area is 111 Å². The van der Waals surface area contributed by atoms with Gasteiger partial charge in [0.05, 0.1) is 10.4 Å². The molecule has 1 aliphatic heterocycles. The van der Waals surface area contributed by atoms with Crippen LogP contribution < -0.4 is 0 Å². The van der Waals surface area contributed by atoms with Crippen LogP contribution in [0.2, 0.25) is 0 Å². The normalized spacial score (nSPS) is 25.9. The second-order valence-corrected chi connectivity index (χ2v) is 5.70. The summed E-state index contributed by atoms with van der Waals surface area (Å²) in [4.78, 5) is 14.1. The Bertz CT molecular complexity index is 432. The van der Waals surface area contributed by atoms with Crippen LogP contribution in [0.4, 0.5) is 0 Å². The van der Waals surface area contributed by atoms with Gasteiger partial charge in [-0.05, 0) is 43.8 Å². The molecule has 0 aromatic carbocycles. The highest BCUT2D eigenvalue weighted by atomic mass is 32.1. The topological polar surface area (TPSA) is 60.8 Å². The van der Waals surface area contributed by atoms with Crippen LogP contribution in [-0.4, -0.2) is 40.7 Å². The molecule has 0 bridgehead atoms. The summed E-state index contributed by atoms with van der Waals surface area (Å²) in [5.74, 6) is -0.948. The van der Waals surface area contributed by atoms with Crippen LogP contribution in [0.3, 0.4) is 0 Å². The maximum absolute atomic E-state index is 11.2. The third-order valence-electron chi connectivity index (χ3n) is 3.67. The van der Waals surface area contributed by atoms with Gasteiger partial charge in [0.15, 0.2) is 0 Å². The first-order valence-electron chi connectivity index (χ1n) is 6.33. The number of aromatic carboxylic acids is 1. The summed E-state index contributed by atoms with van der Waals surface area (Å²) in [6.07, 6.45) is 2.16. The minimum absolute atomic E-state index is 0.257. The van der Waals surface area contributed by atoms with E-state index in [2.05, 4.69) is 11.8 Å². The molecule has 4 nitrogen and oxygen atoms in total. The van der Waals surface area contributed by atoms with Gasteiger partial charge in [-0.25, -0.2) is 4.79 Å². The first kappa shape index (κ1) is 13.5. The predicted molar refractivity (Wildman–Crippen MR) is 71.1 cm³/mol. The quantitative estimate of drug-likeness (QED) is 0.882. The Balaban J connectivity index is 2.24. The maximum atomic E-state index is 11.2. The van der Waals surface area contributed by atoms with Crippen molar-refractivity contribution >= 4 is 17.3 Å². The highest BCUT2D eigenvalue weighted by Gasteiger charge is 2.36. The standard InChI is InChI=1S/C13H19NO3S/c1-2-14-7-3-5-13(17,6-8-14)11-10(12(15)16)4-9-18-11/h4,9,17H,2-3,5-8H2,1H3,(H,15,16). The van der Waals surface area contributed by atoms with Crippen LogP contribution >= 0.6 is 11.3 Å². The van der Waals surface area contributed by atoms with E-state index < -0.39 is 11.6 Å². The number of nitrogens with zero attached hydrogens (tertiary/aromatic N) is 1. The zero-order valence-corrected chi connectivity index (χ0v) is 11.4. The fourth-order valence-corrected chi connectivity index (χ4v) is 3.60. The third-order valence-corrected chi connectivity index (χ3v) is 4.78. The van der Waals surface area contributed by atoms with Gasteiger partial charge in [-0.3, -0.25) is 0 Å². The van der Waals surface area contributed by atoms with E-state index in [0.717, 1.165) is 26.1 Å². The molecular weight excluding hydrogens is 250 g/mol. The van der Waals surface area contributed by atoms with Gasteiger partial charge in [-0.2, -0.15) is 0 Å². The average molecular weight is 269 g/mol. The SMILES string of the molecule is CCN1CCCC(O)(c2sccc2C(=O)O)CC1. The largest absolute Gasteiger partial charge is 0.478 e. The number of carbonyl (C=O) groups is 1. The summed E-state index contributed by atoms with van der Waals surface area (Å²) in [5, 5.41) is 21.7. The van der Waals surface area contributed by atoms with Crippen molar-refractivity contribution < 1.29 is 15.0 Å². The molecule has 1 unspecified atom stereocenters. The highest BCUT2D eigenvalue weighted by Crippen LogP contribution is 2.38. The molecule has 5 heteroatoms. The lowest BCUT2D eigenvalue weighted by Crippen LogP contribution is -2.29. The summed E-state index contributed by atoms with van der Waals surface area (Å²) in [6.45, 7) is 4.89. The summed E-state index contributed by atoms with van der Waals surface area (Å²) in [5.41, 5.74) is -0.710. The highest BCUT2D eigenvalue weighted by molar-refractivity contribution is 7.10. The first-order chi connectivity index (χ1) is 8.57. The van der Waals surface area contributed by atoms with Crippen LogP contribution in [0.25, 0.3) is 0 Å². The number of rotatable bonds is 3. The second-order valence-electron chi connectivity index (χ2n) is 4.79. The Morgan fingerprint density at radius 3 is 2.94 bits per heavy atom.